The highest BCUT2D eigenvalue weighted by atomic mass is 16.5. The number of hydrogen-bond donors (Lipinski definition) is 2. The van der Waals surface area contributed by atoms with Gasteiger partial charge in [-0.3, -0.25) is 4.79 Å². The first-order chi connectivity index (χ1) is 20.5. The average Bonchev–Trinajstić information content (AvgIpc) is 3.02. The summed E-state index contributed by atoms with van der Waals surface area (Å²) in [7, 11) is 0. The van der Waals surface area contributed by atoms with E-state index >= 15 is 0 Å². The Balaban J connectivity index is 1.24. The second-order valence-corrected chi connectivity index (χ2v) is 10.1. The summed E-state index contributed by atoms with van der Waals surface area (Å²) >= 11 is 0. The number of urea groups is 1. The van der Waals surface area contributed by atoms with Crippen LogP contribution in [0.15, 0.2) is 85.5 Å². The molecule has 6 rings (SSSR count). The van der Waals surface area contributed by atoms with Crippen molar-refractivity contribution in [3.05, 3.63) is 91.0 Å². The molecular weight excluding hydrogens is 530 g/mol. The molecule has 1 saturated heterocycles. The largest absolute Gasteiger partial charge is 0.378 e. The van der Waals surface area contributed by atoms with Crippen LogP contribution in [-0.4, -0.2) is 58.1 Å². The Bertz CT molecular complexity index is 1720. The number of rotatable bonds is 7. The van der Waals surface area contributed by atoms with E-state index in [1.807, 2.05) is 48.5 Å². The van der Waals surface area contributed by atoms with Crippen molar-refractivity contribution in [3.8, 4) is 22.5 Å². The molecule has 0 unspecified atom stereocenters. The van der Waals surface area contributed by atoms with Gasteiger partial charge in [0.2, 0.25) is 0 Å². The van der Waals surface area contributed by atoms with E-state index in [9.17, 15) is 9.59 Å². The summed E-state index contributed by atoms with van der Waals surface area (Å²) in [4.78, 5) is 44.3. The lowest BCUT2D eigenvalue weighted by Gasteiger charge is -2.29. The van der Waals surface area contributed by atoms with Crippen LogP contribution in [0.2, 0.25) is 0 Å². The van der Waals surface area contributed by atoms with Gasteiger partial charge in [0.05, 0.1) is 18.7 Å². The van der Waals surface area contributed by atoms with Crippen LogP contribution in [0.1, 0.15) is 12.5 Å². The molecule has 0 atom stereocenters. The maximum atomic E-state index is 12.6. The molecule has 0 bridgehead atoms. The Labute approximate surface area is 242 Å². The zero-order valence-corrected chi connectivity index (χ0v) is 23.1. The number of nitrogens with one attached hydrogen (secondary N) is 2. The zero-order valence-electron chi connectivity index (χ0n) is 23.1. The Kier molecular flexibility index (Phi) is 7.78. The second kappa shape index (κ2) is 12.1. The van der Waals surface area contributed by atoms with Crippen molar-refractivity contribution in [2.45, 2.75) is 13.3 Å². The third kappa shape index (κ3) is 6.24. The van der Waals surface area contributed by atoms with Crippen LogP contribution >= 0.6 is 0 Å². The van der Waals surface area contributed by atoms with E-state index in [0.717, 1.165) is 52.1 Å². The number of morpholine rings is 1. The van der Waals surface area contributed by atoms with E-state index in [2.05, 4.69) is 31.6 Å². The molecule has 0 radical (unpaired) electrons. The molecule has 1 aliphatic heterocycles. The number of ether oxygens (including phenoxy) is 1. The molecule has 0 aliphatic carbocycles. The van der Waals surface area contributed by atoms with Gasteiger partial charge in [0.15, 0.2) is 5.82 Å². The van der Waals surface area contributed by atoms with Crippen molar-refractivity contribution in [3.63, 3.8) is 0 Å². The molecule has 5 aromatic rings. The third-order valence-electron chi connectivity index (χ3n) is 6.95. The minimum absolute atomic E-state index is 0.0929. The van der Waals surface area contributed by atoms with Crippen LogP contribution in [-0.2, 0) is 16.0 Å². The Morgan fingerprint density at radius 3 is 2.12 bits per heavy atom. The van der Waals surface area contributed by atoms with Crippen LogP contribution in [0.3, 0.4) is 0 Å². The molecule has 3 heterocycles. The monoisotopic (exact) mass is 559 g/mol. The fourth-order valence-corrected chi connectivity index (χ4v) is 4.88. The predicted molar refractivity (Wildman–Crippen MR) is 163 cm³/mol. The number of Topliss-reactive ketones (excluding diaryl/α,β-unsaturated/α-hetero) is 1. The van der Waals surface area contributed by atoms with Gasteiger partial charge in [0, 0.05) is 59.8 Å². The fourth-order valence-electron chi connectivity index (χ4n) is 4.88. The number of amides is 2. The maximum absolute atomic E-state index is 12.6. The predicted octanol–water partition coefficient (Wildman–Crippen LogP) is 5.37. The Morgan fingerprint density at radius 1 is 0.810 bits per heavy atom. The first kappa shape index (κ1) is 27.0. The van der Waals surface area contributed by atoms with Gasteiger partial charge >= 0.3 is 6.03 Å². The summed E-state index contributed by atoms with van der Waals surface area (Å²) < 4.78 is 5.58. The average molecular weight is 560 g/mol. The molecule has 2 aromatic heterocycles. The molecule has 2 N–H and O–H groups in total. The van der Waals surface area contributed by atoms with Gasteiger partial charge in [-0.2, -0.15) is 0 Å². The molecule has 1 fully saturated rings. The van der Waals surface area contributed by atoms with Crippen molar-refractivity contribution < 1.29 is 14.3 Å². The third-order valence-corrected chi connectivity index (χ3v) is 6.95. The SMILES string of the molecule is CC(=O)Cc1ccc(NC(=O)Nc2ccc(-c3nc(N4CCOCC4)c4ccc(-c5cncnc5)cc4n3)cc2)cc1. The van der Waals surface area contributed by atoms with Crippen LogP contribution in [0, 0.1) is 0 Å². The highest BCUT2D eigenvalue weighted by Crippen LogP contribution is 2.31. The first-order valence-electron chi connectivity index (χ1n) is 13.7. The van der Waals surface area contributed by atoms with Crippen LogP contribution < -0.4 is 15.5 Å². The summed E-state index contributed by atoms with van der Waals surface area (Å²) in [6.45, 7) is 4.34. The molecular formula is C32H29N7O3. The number of hydrogen-bond acceptors (Lipinski definition) is 8. The molecule has 210 valence electrons. The normalized spacial score (nSPS) is 13.1. The lowest BCUT2D eigenvalue weighted by atomic mass is 10.1. The number of carbonyl (C=O) groups excluding carboxylic acids is 2. The van der Waals surface area contributed by atoms with Crippen molar-refractivity contribution >= 4 is 39.9 Å². The van der Waals surface area contributed by atoms with Crippen molar-refractivity contribution in [1.82, 2.24) is 19.9 Å². The smallest absolute Gasteiger partial charge is 0.323 e. The molecule has 42 heavy (non-hydrogen) atoms. The minimum atomic E-state index is -0.365. The maximum Gasteiger partial charge on any atom is 0.323 e. The van der Waals surface area contributed by atoms with Gasteiger partial charge < -0.3 is 20.3 Å². The van der Waals surface area contributed by atoms with Gasteiger partial charge in [-0.1, -0.05) is 18.2 Å². The van der Waals surface area contributed by atoms with Crippen LogP contribution in [0.5, 0.6) is 0 Å². The van der Waals surface area contributed by atoms with E-state index in [4.69, 9.17) is 14.7 Å². The second-order valence-electron chi connectivity index (χ2n) is 10.1. The van der Waals surface area contributed by atoms with Crippen LogP contribution in [0.25, 0.3) is 33.4 Å². The number of benzene rings is 3. The number of carbonyl (C=O) groups is 2. The van der Waals surface area contributed by atoms with Crippen molar-refractivity contribution in [1.29, 1.82) is 0 Å². The summed E-state index contributed by atoms with van der Waals surface area (Å²) in [5.74, 6) is 1.55. The highest BCUT2D eigenvalue weighted by molar-refractivity contribution is 6.00. The number of anilines is 3. The number of ketones is 1. The Morgan fingerprint density at radius 2 is 1.45 bits per heavy atom. The Hall–Kier alpha value is -5.22. The number of fused-ring (bicyclic) bond motifs is 1. The molecule has 10 nitrogen and oxygen atoms in total. The van der Waals surface area contributed by atoms with Gasteiger partial charge in [-0.15, -0.1) is 0 Å². The van der Waals surface area contributed by atoms with Gasteiger partial charge in [-0.25, -0.2) is 24.7 Å². The number of nitrogens with zero attached hydrogens (tertiary/aromatic N) is 5. The topological polar surface area (TPSA) is 122 Å². The van der Waals surface area contributed by atoms with Crippen molar-refractivity contribution in [2.24, 2.45) is 0 Å². The van der Waals surface area contributed by atoms with Crippen LogP contribution in [0.4, 0.5) is 22.0 Å². The molecule has 2 amide bonds. The first-order valence-corrected chi connectivity index (χ1v) is 13.7. The fraction of sp³-hybridized carbons (Fsp3) is 0.188. The van der Waals surface area contributed by atoms with Gasteiger partial charge in [0.25, 0.3) is 0 Å². The molecule has 10 heteroatoms. The summed E-state index contributed by atoms with van der Waals surface area (Å²) in [6.07, 6.45) is 5.45. The van der Waals surface area contributed by atoms with E-state index < -0.39 is 0 Å². The molecule has 0 spiro atoms. The number of aromatic nitrogens is 4. The standard InChI is InChI=1S/C32H29N7O3/c1-21(40)16-22-2-7-26(8-3-22)35-32(41)36-27-9-4-23(5-10-27)30-37-29-17-24(25-18-33-20-34-19-25)6-11-28(29)31(38-30)39-12-14-42-15-13-39/h2-11,17-20H,12-16H2,1H3,(H2,35,36,41). The van der Waals surface area contributed by atoms with E-state index in [1.54, 1.807) is 31.5 Å². The molecule has 0 saturated carbocycles. The quantitative estimate of drug-likeness (QED) is 0.273. The molecule has 3 aromatic carbocycles. The summed E-state index contributed by atoms with van der Waals surface area (Å²) in [6, 6.07) is 20.4. The zero-order chi connectivity index (χ0) is 28.9. The van der Waals surface area contributed by atoms with E-state index in [1.165, 1.54) is 6.33 Å². The van der Waals surface area contributed by atoms with E-state index in [-0.39, 0.29) is 11.8 Å². The lowest BCUT2D eigenvalue weighted by Crippen LogP contribution is -2.37. The minimum Gasteiger partial charge on any atom is -0.378 e. The molecule has 1 aliphatic rings. The summed E-state index contributed by atoms with van der Waals surface area (Å²) in [5, 5.41) is 6.63. The van der Waals surface area contributed by atoms with E-state index in [0.29, 0.717) is 36.8 Å². The highest BCUT2D eigenvalue weighted by Gasteiger charge is 2.19. The lowest BCUT2D eigenvalue weighted by molar-refractivity contribution is -0.116. The summed E-state index contributed by atoms with van der Waals surface area (Å²) in [5.41, 5.74) is 5.70. The van der Waals surface area contributed by atoms with Gasteiger partial charge in [0.1, 0.15) is 17.9 Å². The van der Waals surface area contributed by atoms with Crippen molar-refractivity contribution in [2.75, 3.05) is 41.8 Å². The van der Waals surface area contributed by atoms with Gasteiger partial charge in [-0.05, 0) is 66.6 Å².